The number of fused-ring (bicyclic) bond motifs is 1. The standard InChI is InChI=1S/C14H9BrF2N4O2/c15-8-6-18-12-5-11(20-21(12)7-8)13(22)19-9-1-3-10(4-2-9)23-14(16)17/h1-7,14H,(H,19,22). The number of rotatable bonds is 4. The van der Waals surface area contributed by atoms with Gasteiger partial charge in [0.05, 0.1) is 4.47 Å². The molecular weight excluding hydrogens is 374 g/mol. The third-order valence-corrected chi connectivity index (χ3v) is 3.26. The number of aromatic nitrogens is 3. The Kier molecular flexibility index (Phi) is 4.20. The summed E-state index contributed by atoms with van der Waals surface area (Å²) < 4.78 is 30.6. The molecule has 0 spiro atoms. The van der Waals surface area contributed by atoms with Crippen molar-refractivity contribution >= 4 is 33.2 Å². The van der Waals surface area contributed by atoms with Crippen molar-refractivity contribution in [2.45, 2.75) is 6.61 Å². The van der Waals surface area contributed by atoms with Crippen LogP contribution in [0.5, 0.6) is 5.75 Å². The second kappa shape index (κ2) is 6.29. The molecule has 9 heteroatoms. The van der Waals surface area contributed by atoms with Crippen LogP contribution in [0.2, 0.25) is 0 Å². The first-order valence-electron chi connectivity index (χ1n) is 6.38. The summed E-state index contributed by atoms with van der Waals surface area (Å²) in [7, 11) is 0. The molecule has 0 saturated carbocycles. The molecule has 1 N–H and O–H groups in total. The van der Waals surface area contributed by atoms with Gasteiger partial charge in [-0.05, 0) is 40.2 Å². The minimum Gasteiger partial charge on any atom is -0.435 e. The summed E-state index contributed by atoms with van der Waals surface area (Å²) in [6, 6.07) is 7.13. The fourth-order valence-corrected chi connectivity index (χ4v) is 2.18. The zero-order valence-corrected chi connectivity index (χ0v) is 13.0. The number of benzene rings is 1. The van der Waals surface area contributed by atoms with Crippen molar-refractivity contribution in [3.05, 3.63) is 52.9 Å². The van der Waals surface area contributed by atoms with E-state index in [1.54, 1.807) is 12.4 Å². The number of carbonyl (C=O) groups is 1. The van der Waals surface area contributed by atoms with Crippen LogP contribution in [0.4, 0.5) is 14.5 Å². The maximum Gasteiger partial charge on any atom is 0.387 e. The molecule has 0 aliphatic heterocycles. The molecule has 0 bridgehead atoms. The molecule has 6 nitrogen and oxygen atoms in total. The molecule has 3 aromatic rings. The van der Waals surface area contributed by atoms with Gasteiger partial charge >= 0.3 is 6.61 Å². The average molecular weight is 383 g/mol. The molecule has 0 saturated heterocycles. The Hall–Kier alpha value is -2.55. The van der Waals surface area contributed by atoms with Gasteiger partial charge in [0, 0.05) is 24.1 Å². The lowest BCUT2D eigenvalue weighted by molar-refractivity contribution is -0.0498. The minimum atomic E-state index is -2.89. The number of nitrogens with one attached hydrogen (secondary N) is 1. The van der Waals surface area contributed by atoms with Crippen LogP contribution in [-0.4, -0.2) is 27.1 Å². The lowest BCUT2D eigenvalue weighted by atomic mass is 10.3. The average Bonchev–Trinajstić information content (AvgIpc) is 2.92. The monoisotopic (exact) mass is 382 g/mol. The van der Waals surface area contributed by atoms with Crippen LogP contribution in [0.15, 0.2) is 47.2 Å². The Morgan fingerprint density at radius 2 is 2.04 bits per heavy atom. The molecule has 3 rings (SSSR count). The molecule has 1 aromatic carbocycles. The predicted molar refractivity (Wildman–Crippen MR) is 81.7 cm³/mol. The summed E-state index contributed by atoms with van der Waals surface area (Å²) in [5.74, 6) is -0.422. The van der Waals surface area contributed by atoms with Crippen LogP contribution in [0.3, 0.4) is 0 Å². The van der Waals surface area contributed by atoms with Crippen LogP contribution in [-0.2, 0) is 0 Å². The molecule has 2 aromatic heterocycles. The van der Waals surface area contributed by atoms with Gasteiger partial charge in [-0.2, -0.15) is 13.9 Å². The van der Waals surface area contributed by atoms with Crippen LogP contribution in [0.25, 0.3) is 5.65 Å². The smallest absolute Gasteiger partial charge is 0.387 e. The highest BCUT2D eigenvalue weighted by atomic mass is 79.9. The zero-order valence-electron chi connectivity index (χ0n) is 11.4. The van der Waals surface area contributed by atoms with Gasteiger partial charge in [0.1, 0.15) is 5.75 Å². The third-order valence-electron chi connectivity index (χ3n) is 2.85. The van der Waals surface area contributed by atoms with Crippen LogP contribution in [0.1, 0.15) is 10.5 Å². The lowest BCUT2D eigenvalue weighted by Gasteiger charge is -2.06. The summed E-state index contributed by atoms with van der Waals surface area (Å²) in [6.45, 7) is -2.89. The summed E-state index contributed by atoms with van der Waals surface area (Å²) >= 11 is 3.27. The second-order valence-electron chi connectivity index (χ2n) is 4.46. The van der Waals surface area contributed by atoms with Crippen molar-refractivity contribution < 1.29 is 18.3 Å². The van der Waals surface area contributed by atoms with Crippen molar-refractivity contribution in [3.63, 3.8) is 0 Å². The SMILES string of the molecule is O=C(Nc1ccc(OC(F)F)cc1)c1cc2ncc(Br)cn2n1. The number of ether oxygens (including phenoxy) is 1. The van der Waals surface area contributed by atoms with Gasteiger partial charge < -0.3 is 10.1 Å². The number of alkyl halides is 2. The normalized spacial score (nSPS) is 11.0. The van der Waals surface area contributed by atoms with E-state index in [0.717, 1.165) is 4.47 Å². The van der Waals surface area contributed by atoms with Crippen molar-refractivity contribution in [3.8, 4) is 5.75 Å². The lowest BCUT2D eigenvalue weighted by Crippen LogP contribution is -2.12. The molecule has 0 unspecified atom stereocenters. The second-order valence-corrected chi connectivity index (χ2v) is 5.38. The van der Waals surface area contributed by atoms with Crippen molar-refractivity contribution in [1.29, 1.82) is 0 Å². The highest BCUT2D eigenvalue weighted by Crippen LogP contribution is 2.18. The fraction of sp³-hybridized carbons (Fsp3) is 0.0714. The minimum absolute atomic E-state index is 0.0137. The Bertz CT molecular complexity index is 852. The molecule has 118 valence electrons. The van der Waals surface area contributed by atoms with Gasteiger partial charge in [-0.3, -0.25) is 4.79 Å². The molecule has 0 radical (unpaired) electrons. The number of amides is 1. The maximum absolute atomic E-state index is 12.2. The molecule has 0 aliphatic carbocycles. The number of hydrogen-bond donors (Lipinski definition) is 1. The van der Waals surface area contributed by atoms with E-state index >= 15 is 0 Å². The van der Waals surface area contributed by atoms with Gasteiger partial charge in [0.25, 0.3) is 5.91 Å². The molecule has 1 amide bonds. The third kappa shape index (κ3) is 3.62. The number of anilines is 1. The number of halogens is 3. The Morgan fingerprint density at radius 3 is 2.74 bits per heavy atom. The summed E-state index contributed by atoms with van der Waals surface area (Å²) in [4.78, 5) is 16.3. The van der Waals surface area contributed by atoms with E-state index in [4.69, 9.17) is 0 Å². The number of nitrogens with zero attached hydrogens (tertiary/aromatic N) is 3. The Balaban J connectivity index is 1.74. The van der Waals surface area contributed by atoms with Gasteiger partial charge in [-0.25, -0.2) is 9.50 Å². The van der Waals surface area contributed by atoms with Crippen molar-refractivity contribution in [2.24, 2.45) is 0 Å². The van der Waals surface area contributed by atoms with Gasteiger partial charge in [0.2, 0.25) is 0 Å². The largest absolute Gasteiger partial charge is 0.435 e. The maximum atomic E-state index is 12.2. The summed E-state index contributed by atoms with van der Waals surface area (Å²) in [5.41, 5.74) is 1.14. The van der Waals surface area contributed by atoms with Crippen molar-refractivity contribution in [1.82, 2.24) is 14.6 Å². The summed E-state index contributed by atoms with van der Waals surface area (Å²) in [5, 5.41) is 6.73. The molecule has 0 aliphatic rings. The molecule has 0 fully saturated rings. The van der Waals surface area contributed by atoms with E-state index in [1.807, 2.05) is 0 Å². The molecule has 2 heterocycles. The van der Waals surface area contributed by atoms with E-state index in [9.17, 15) is 13.6 Å². The number of hydrogen-bond acceptors (Lipinski definition) is 4. The first-order chi connectivity index (χ1) is 11.0. The molecule has 23 heavy (non-hydrogen) atoms. The van der Waals surface area contributed by atoms with E-state index < -0.39 is 12.5 Å². The Morgan fingerprint density at radius 1 is 1.30 bits per heavy atom. The molecular formula is C14H9BrF2N4O2. The summed E-state index contributed by atoms with van der Waals surface area (Å²) in [6.07, 6.45) is 3.27. The van der Waals surface area contributed by atoms with Gasteiger partial charge in [0.15, 0.2) is 11.3 Å². The predicted octanol–water partition coefficient (Wildman–Crippen LogP) is 3.35. The molecule has 0 atom stereocenters. The van der Waals surface area contributed by atoms with Crippen LogP contribution >= 0.6 is 15.9 Å². The first kappa shape index (κ1) is 15.3. The van der Waals surface area contributed by atoms with E-state index in [2.05, 4.69) is 36.1 Å². The van der Waals surface area contributed by atoms with Crippen LogP contribution < -0.4 is 10.1 Å². The van der Waals surface area contributed by atoms with Gasteiger partial charge in [-0.15, -0.1) is 0 Å². The van der Waals surface area contributed by atoms with E-state index in [-0.39, 0.29) is 11.4 Å². The van der Waals surface area contributed by atoms with E-state index in [0.29, 0.717) is 11.3 Å². The van der Waals surface area contributed by atoms with E-state index in [1.165, 1.54) is 34.8 Å². The zero-order chi connectivity index (χ0) is 16.4. The van der Waals surface area contributed by atoms with Crippen LogP contribution in [0, 0.1) is 0 Å². The highest BCUT2D eigenvalue weighted by Gasteiger charge is 2.12. The first-order valence-corrected chi connectivity index (χ1v) is 7.18. The highest BCUT2D eigenvalue weighted by molar-refractivity contribution is 9.10. The quantitative estimate of drug-likeness (QED) is 0.751. The van der Waals surface area contributed by atoms with Gasteiger partial charge in [-0.1, -0.05) is 0 Å². The fourth-order valence-electron chi connectivity index (χ4n) is 1.88. The Labute approximate surface area is 137 Å². The topological polar surface area (TPSA) is 68.5 Å². The van der Waals surface area contributed by atoms with Crippen molar-refractivity contribution in [2.75, 3.05) is 5.32 Å². The number of carbonyl (C=O) groups excluding carboxylic acids is 1.